The van der Waals surface area contributed by atoms with Gasteiger partial charge in [0.25, 0.3) is 0 Å². The number of halogens is 2. The molecule has 1 aromatic carbocycles. The van der Waals surface area contributed by atoms with Crippen LogP contribution in [-0.2, 0) is 7.05 Å². The van der Waals surface area contributed by atoms with Crippen molar-refractivity contribution in [3.05, 3.63) is 40.4 Å². The molecular formula is C11H10BrFN4. The van der Waals surface area contributed by atoms with Crippen molar-refractivity contribution in [3.63, 3.8) is 0 Å². The van der Waals surface area contributed by atoms with Crippen LogP contribution in [0.5, 0.6) is 0 Å². The Hall–Kier alpha value is -1.69. The lowest BCUT2D eigenvalue weighted by Gasteiger charge is -2.08. The van der Waals surface area contributed by atoms with Gasteiger partial charge in [0.05, 0.1) is 16.4 Å². The van der Waals surface area contributed by atoms with Crippen molar-refractivity contribution in [1.29, 1.82) is 5.41 Å². The van der Waals surface area contributed by atoms with E-state index in [4.69, 9.17) is 5.41 Å². The van der Waals surface area contributed by atoms with E-state index in [9.17, 15) is 4.39 Å². The van der Waals surface area contributed by atoms with E-state index >= 15 is 0 Å². The lowest BCUT2D eigenvalue weighted by atomic mass is 10.2. The van der Waals surface area contributed by atoms with Gasteiger partial charge in [-0.3, -0.25) is 4.68 Å². The smallest absolute Gasteiger partial charge is 0.138 e. The van der Waals surface area contributed by atoms with Crippen LogP contribution in [0.3, 0.4) is 0 Å². The lowest BCUT2D eigenvalue weighted by molar-refractivity contribution is 0.621. The average molecular weight is 297 g/mol. The minimum absolute atomic E-state index is 0.356. The Bertz CT molecular complexity index is 565. The largest absolute Gasteiger partial charge is 0.352 e. The first-order valence-corrected chi connectivity index (χ1v) is 5.64. The number of hydrogen-bond acceptors (Lipinski definition) is 3. The second kappa shape index (κ2) is 4.67. The molecule has 6 heteroatoms. The Kier molecular flexibility index (Phi) is 3.23. The Balaban J connectivity index is 2.37. The van der Waals surface area contributed by atoms with Crippen LogP contribution < -0.4 is 5.32 Å². The molecule has 4 nitrogen and oxygen atoms in total. The molecule has 0 saturated carbocycles. The summed E-state index contributed by atoms with van der Waals surface area (Å²) in [5.41, 5.74) is 1.92. The Labute approximate surface area is 106 Å². The third-order valence-electron chi connectivity index (χ3n) is 2.23. The molecule has 88 valence electrons. The molecule has 1 heterocycles. The molecular weight excluding hydrogens is 287 g/mol. The summed E-state index contributed by atoms with van der Waals surface area (Å²) in [6.45, 7) is 0. The number of aromatic nitrogens is 2. The van der Waals surface area contributed by atoms with E-state index in [2.05, 4.69) is 26.3 Å². The third-order valence-corrected chi connectivity index (χ3v) is 2.84. The number of nitrogens with one attached hydrogen (secondary N) is 2. The van der Waals surface area contributed by atoms with Gasteiger partial charge in [-0.1, -0.05) is 0 Å². The maximum absolute atomic E-state index is 13.3. The van der Waals surface area contributed by atoms with Gasteiger partial charge in [0.2, 0.25) is 0 Å². The predicted octanol–water partition coefficient (Wildman–Crippen LogP) is 3.06. The Morgan fingerprint density at radius 1 is 1.53 bits per heavy atom. The number of rotatable bonds is 3. The highest BCUT2D eigenvalue weighted by molar-refractivity contribution is 9.10. The van der Waals surface area contributed by atoms with Crippen LogP contribution in [0.2, 0.25) is 0 Å². The molecule has 0 bridgehead atoms. The topological polar surface area (TPSA) is 53.7 Å². The van der Waals surface area contributed by atoms with E-state index < -0.39 is 0 Å². The lowest BCUT2D eigenvalue weighted by Crippen LogP contribution is -1.96. The normalized spacial score (nSPS) is 10.3. The highest BCUT2D eigenvalue weighted by Gasteiger charge is 2.07. The summed E-state index contributed by atoms with van der Waals surface area (Å²) in [5, 5.41) is 14.4. The van der Waals surface area contributed by atoms with Crippen LogP contribution >= 0.6 is 15.9 Å². The van der Waals surface area contributed by atoms with Crippen molar-refractivity contribution in [3.8, 4) is 0 Å². The molecule has 0 aliphatic rings. The van der Waals surface area contributed by atoms with Crippen molar-refractivity contribution in [1.82, 2.24) is 9.78 Å². The maximum atomic E-state index is 13.3. The summed E-state index contributed by atoms with van der Waals surface area (Å²) in [4.78, 5) is 0. The van der Waals surface area contributed by atoms with E-state index in [-0.39, 0.29) is 5.82 Å². The highest BCUT2D eigenvalue weighted by Crippen LogP contribution is 2.26. The zero-order valence-electron chi connectivity index (χ0n) is 9.04. The summed E-state index contributed by atoms with van der Waals surface area (Å²) >= 11 is 3.12. The maximum Gasteiger partial charge on any atom is 0.138 e. The average Bonchev–Trinajstić information content (AvgIpc) is 2.69. The first-order chi connectivity index (χ1) is 8.10. The van der Waals surface area contributed by atoms with Gasteiger partial charge in [-0.25, -0.2) is 4.39 Å². The van der Waals surface area contributed by atoms with Crippen LogP contribution in [0.1, 0.15) is 5.56 Å². The molecule has 1 aromatic heterocycles. The summed E-state index contributed by atoms with van der Waals surface area (Å²) in [6.07, 6.45) is 4.56. The summed E-state index contributed by atoms with van der Waals surface area (Å²) in [7, 11) is 1.81. The van der Waals surface area contributed by atoms with Crippen molar-refractivity contribution < 1.29 is 4.39 Å². The SMILES string of the molecule is Cn1cc(Nc2cc(Br)c(F)cc2C=N)cn1. The van der Waals surface area contributed by atoms with Crippen molar-refractivity contribution in [2.45, 2.75) is 0 Å². The Morgan fingerprint density at radius 2 is 2.29 bits per heavy atom. The Morgan fingerprint density at radius 3 is 2.88 bits per heavy atom. The molecule has 0 fully saturated rings. The van der Waals surface area contributed by atoms with Gasteiger partial charge in [-0.2, -0.15) is 5.10 Å². The number of anilines is 2. The fourth-order valence-electron chi connectivity index (χ4n) is 1.43. The van der Waals surface area contributed by atoms with E-state index in [1.54, 1.807) is 23.1 Å². The van der Waals surface area contributed by atoms with Crippen molar-refractivity contribution in [2.24, 2.45) is 7.05 Å². The van der Waals surface area contributed by atoms with Crippen LogP contribution in [0, 0.1) is 11.2 Å². The van der Waals surface area contributed by atoms with Crippen molar-refractivity contribution >= 4 is 33.5 Å². The molecule has 2 aromatic rings. The summed E-state index contributed by atoms with van der Waals surface area (Å²) < 4.78 is 15.3. The van der Waals surface area contributed by atoms with Gasteiger partial charge in [-0.15, -0.1) is 0 Å². The zero-order valence-corrected chi connectivity index (χ0v) is 10.6. The van der Waals surface area contributed by atoms with Crippen LogP contribution in [0.25, 0.3) is 0 Å². The molecule has 0 atom stereocenters. The molecule has 17 heavy (non-hydrogen) atoms. The number of benzene rings is 1. The monoisotopic (exact) mass is 296 g/mol. The third kappa shape index (κ3) is 2.52. The molecule has 0 spiro atoms. The van der Waals surface area contributed by atoms with Gasteiger partial charge >= 0.3 is 0 Å². The highest BCUT2D eigenvalue weighted by atomic mass is 79.9. The predicted molar refractivity (Wildman–Crippen MR) is 68.5 cm³/mol. The molecule has 2 N–H and O–H groups in total. The molecule has 0 unspecified atom stereocenters. The first-order valence-electron chi connectivity index (χ1n) is 4.85. The molecule has 0 aliphatic carbocycles. The fourth-order valence-corrected chi connectivity index (χ4v) is 1.77. The van der Waals surface area contributed by atoms with Crippen molar-refractivity contribution in [2.75, 3.05) is 5.32 Å². The number of aryl methyl sites for hydroxylation is 1. The van der Waals surface area contributed by atoms with Crippen LogP contribution in [0.15, 0.2) is 29.0 Å². The number of nitrogens with zero attached hydrogens (tertiary/aromatic N) is 2. The van der Waals surface area contributed by atoms with Crippen LogP contribution in [-0.4, -0.2) is 16.0 Å². The van der Waals surface area contributed by atoms with E-state index in [0.29, 0.717) is 15.7 Å². The first kappa shape index (κ1) is 11.8. The van der Waals surface area contributed by atoms with E-state index in [1.165, 1.54) is 6.07 Å². The molecule has 0 amide bonds. The zero-order chi connectivity index (χ0) is 12.4. The quantitative estimate of drug-likeness (QED) is 0.855. The second-order valence-electron chi connectivity index (χ2n) is 3.53. The van der Waals surface area contributed by atoms with Gasteiger partial charge in [-0.05, 0) is 28.1 Å². The van der Waals surface area contributed by atoms with Gasteiger partial charge in [0, 0.05) is 30.7 Å². The second-order valence-corrected chi connectivity index (χ2v) is 4.38. The molecule has 2 rings (SSSR count). The van der Waals surface area contributed by atoms with Gasteiger partial charge < -0.3 is 10.7 Å². The van der Waals surface area contributed by atoms with E-state index in [0.717, 1.165) is 11.9 Å². The standard InChI is InChI=1S/C11H10BrFN4/c1-17-6-8(5-15-17)16-11-3-9(12)10(13)2-7(11)4-14/h2-6,14,16H,1H3. The molecule has 0 saturated heterocycles. The van der Waals surface area contributed by atoms with Gasteiger partial charge in [0.1, 0.15) is 5.82 Å². The van der Waals surface area contributed by atoms with Gasteiger partial charge in [0.15, 0.2) is 0 Å². The molecule has 0 radical (unpaired) electrons. The fraction of sp³-hybridized carbons (Fsp3) is 0.0909. The summed E-state index contributed by atoms with van der Waals surface area (Å²) in [6, 6.07) is 2.90. The van der Waals surface area contributed by atoms with Crippen LogP contribution in [0.4, 0.5) is 15.8 Å². The number of hydrogen-bond donors (Lipinski definition) is 2. The van der Waals surface area contributed by atoms with E-state index in [1.807, 2.05) is 7.05 Å². The minimum Gasteiger partial charge on any atom is -0.352 e. The minimum atomic E-state index is -0.389. The summed E-state index contributed by atoms with van der Waals surface area (Å²) in [5.74, 6) is -0.389. The molecule has 0 aliphatic heterocycles.